The van der Waals surface area contributed by atoms with Gasteiger partial charge in [-0.05, 0) is 48.5 Å². The first-order valence-corrected chi connectivity index (χ1v) is 9.79. The molecule has 9 nitrogen and oxygen atoms in total. The molecule has 0 unspecified atom stereocenters. The molecule has 0 aliphatic carbocycles. The minimum absolute atomic E-state index is 0.0255. The Labute approximate surface area is 161 Å². The molecule has 10 heteroatoms. The lowest BCUT2D eigenvalue weighted by Crippen LogP contribution is -2.14. The van der Waals surface area contributed by atoms with Crippen molar-refractivity contribution in [1.29, 1.82) is 0 Å². The summed E-state index contributed by atoms with van der Waals surface area (Å²) in [5, 5.41) is 11.6. The Morgan fingerprint density at radius 3 is 2.43 bits per heavy atom. The van der Waals surface area contributed by atoms with Crippen LogP contribution < -0.4 is 15.2 Å². The minimum Gasteiger partial charge on any atom is -0.497 e. The van der Waals surface area contributed by atoms with Gasteiger partial charge in [-0.1, -0.05) is 5.16 Å². The largest absolute Gasteiger partial charge is 0.497 e. The lowest BCUT2D eigenvalue weighted by atomic mass is 10.2. The van der Waals surface area contributed by atoms with Gasteiger partial charge in [-0.25, -0.2) is 13.6 Å². The number of aromatic nitrogens is 2. The maximum absolute atomic E-state index is 12.1. The Hall–Kier alpha value is -3.24. The normalized spacial score (nSPS) is 11.2. The maximum atomic E-state index is 12.1. The molecule has 28 heavy (non-hydrogen) atoms. The third-order valence-corrected chi connectivity index (χ3v) is 4.78. The third-order valence-electron chi connectivity index (χ3n) is 3.85. The van der Waals surface area contributed by atoms with Gasteiger partial charge in [0.25, 0.3) is 0 Å². The molecule has 2 aromatic carbocycles. The van der Waals surface area contributed by atoms with Crippen LogP contribution in [0.15, 0.2) is 57.9 Å². The molecule has 0 fully saturated rings. The highest BCUT2D eigenvalue weighted by Crippen LogP contribution is 2.20. The predicted octanol–water partition coefficient (Wildman–Crippen LogP) is 1.96. The van der Waals surface area contributed by atoms with Gasteiger partial charge >= 0.3 is 0 Å². The van der Waals surface area contributed by atoms with E-state index in [1.807, 2.05) is 12.1 Å². The summed E-state index contributed by atoms with van der Waals surface area (Å²) in [4.78, 5) is 16.3. The smallest absolute Gasteiger partial charge is 0.238 e. The van der Waals surface area contributed by atoms with E-state index in [1.54, 1.807) is 19.2 Å². The maximum Gasteiger partial charge on any atom is 0.238 e. The van der Waals surface area contributed by atoms with Crippen LogP contribution in [0.5, 0.6) is 5.75 Å². The highest BCUT2D eigenvalue weighted by molar-refractivity contribution is 7.89. The Balaban J connectivity index is 1.55. The molecule has 0 saturated heterocycles. The van der Waals surface area contributed by atoms with Crippen LogP contribution in [-0.2, 0) is 21.2 Å². The number of benzene rings is 2. The van der Waals surface area contributed by atoms with E-state index < -0.39 is 10.0 Å². The zero-order valence-corrected chi connectivity index (χ0v) is 15.8. The van der Waals surface area contributed by atoms with Crippen LogP contribution in [0, 0.1) is 0 Å². The number of carbonyl (C=O) groups excluding carboxylic acids is 1. The van der Waals surface area contributed by atoms with Gasteiger partial charge < -0.3 is 14.6 Å². The van der Waals surface area contributed by atoms with Gasteiger partial charge in [-0.2, -0.15) is 4.98 Å². The van der Waals surface area contributed by atoms with Crippen LogP contribution in [0.25, 0.3) is 11.4 Å². The van der Waals surface area contributed by atoms with Crippen LogP contribution in [0.4, 0.5) is 5.69 Å². The summed E-state index contributed by atoms with van der Waals surface area (Å²) in [5.74, 6) is 1.22. The van der Waals surface area contributed by atoms with Crippen LogP contribution >= 0.6 is 0 Å². The molecule has 3 aromatic rings. The molecule has 0 saturated carbocycles. The number of hydrogen-bond donors (Lipinski definition) is 2. The fourth-order valence-electron chi connectivity index (χ4n) is 2.39. The molecule has 0 radical (unpaired) electrons. The number of anilines is 1. The number of methoxy groups -OCH3 is 1. The second-order valence-corrected chi connectivity index (χ2v) is 7.42. The molecule has 1 amide bonds. The number of rotatable bonds is 7. The second kappa shape index (κ2) is 8.19. The Kier molecular flexibility index (Phi) is 5.71. The molecule has 0 spiro atoms. The van der Waals surface area contributed by atoms with Crippen molar-refractivity contribution >= 4 is 21.6 Å². The van der Waals surface area contributed by atoms with E-state index in [-0.39, 0.29) is 23.6 Å². The Morgan fingerprint density at radius 2 is 1.82 bits per heavy atom. The number of nitrogens with two attached hydrogens (primary N) is 1. The molecule has 0 bridgehead atoms. The van der Waals surface area contributed by atoms with E-state index in [0.717, 1.165) is 11.3 Å². The van der Waals surface area contributed by atoms with Gasteiger partial charge in [0.2, 0.25) is 27.6 Å². The minimum atomic E-state index is -3.77. The number of aryl methyl sites for hydroxylation is 1. The first kappa shape index (κ1) is 19.5. The van der Waals surface area contributed by atoms with Gasteiger partial charge in [-0.3, -0.25) is 4.79 Å². The lowest BCUT2D eigenvalue weighted by Gasteiger charge is -2.05. The van der Waals surface area contributed by atoms with Crippen molar-refractivity contribution in [3.63, 3.8) is 0 Å². The molecule has 0 aliphatic rings. The lowest BCUT2D eigenvalue weighted by molar-refractivity contribution is -0.116. The average molecular weight is 402 g/mol. The van der Waals surface area contributed by atoms with E-state index >= 15 is 0 Å². The van der Waals surface area contributed by atoms with Gasteiger partial charge in [0.15, 0.2) is 0 Å². The molecule has 3 N–H and O–H groups in total. The molecule has 0 atom stereocenters. The van der Waals surface area contributed by atoms with Crippen LogP contribution in [0.1, 0.15) is 12.3 Å². The zero-order valence-electron chi connectivity index (χ0n) is 15.0. The first-order chi connectivity index (χ1) is 13.3. The summed E-state index contributed by atoms with van der Waals surface area (Å²) < 4.78 is 32.7. The number of sulfonamides is 1. The summed E-state index contributed by atoms with van der Waals surface area (Å²) >= 11 is 0. The van der Waals surface area contributed by atoms with E-state index in [4.69, 9.17) is 14.4 Å². The standard InChI is InChI=1S/C18H18N4O5S/c1-26-14-6-2-12(3-7-14)18-21-17(27-22-18)11-10-16(23)20-13-4-8-15(9-5-13)28(19,24)25/h2-9H,10-11H2,1H3,(H,20,23)(H2,19,24,25). The molecule has 1 heterocycles. The molecule has 0 aliphatic heterocycles. The van der Waals surface area contributed by atoms with E-state index in [0.29, 0.717) is 17.4 Å². The van der Waals surface area contributed by atoms with Gasteiger partial charge in [-0.15, -0.1) is 0 Å². The third kappa shape index (κ3) is 4.93. The SMILES string of the molecule is COc1ccc(-c2noc(CCC(=O)Nc3ccc(S(N)(=O)=O)cc3)n2)cc1. The van der Waals surface area contributed by atoms with Crippen molar-refractivity contribution in [3.8, 4) is 17.1 Å². The van der Waals surface area contributed by atoms with Crippen molar-refractivity contribution in [2.45, 2.75) is 17.7 Å². The Morgan fingerprint density at radius 1 is 1.14 bits per heavy atom. The number of nitrogens with zero attached hydrogens (tertiary/aromatic N) is 2. The van der Waals surface area contributed by atoms with Crippen molar-refractivity contribution in [1.82, 2.24) is 10.1 Å². The summed E-state index contributed by atoms with van der Waals surface area (Å²) in [6, 6.07) is 12.8. The van der Waals surface area contributed by atoms with Gasteiger partial charge in [0.05, 0.1) is 12.0 Å². The number of nitrogens with one attached hydrogen (secondary N) is 1. The van der Waals surface area contributed by atoms with Crippen molar-refractivity contribution in [3.05, 3.63) is 54.4 Å². The summed E-state index contributed by atoms with van der Waals surface area (Å²) in [7, 11) is -2.18. The highest BCUT2D eigenvalue weighted by atomic mass is 32.2. The molecular weight excluding hydrogens is 384 g/mol. The number of primary sulfonamides is 1. The van der Waals surface area contributed by atoms with Crippen LogP contribution in [-0.4, -0.2) is 31.6 Å². The molecule has 146 valence electrons. The summed E-state index contributed by atoms with van der Waals surface area (Å²) in [5.41, 5.74) is 1.23. The quantitative estimate of drug-likeness (QED) is 0.616. The summed E-state index contributed by atoms with van der Waals surface area (Å²) in [6.45, 7) is 0. The first-order valence-electron chi connectivity index (χ1n) is 8.25. The van der Waals surface area contributed by atoms with Crippen LogP contribution in [0.3, 0.4) is 0 Å². The zero-order chi connectivity index (χ0) is 20.1. The molecule has 1 aromatic heterocycles. The van der Waals surface area contributed by atoms with Crippen molar-refractivity contribution < 1.29 is 22.5 Å². The number of ether oxygens (including phenoxy) is 1. The highest BCUT2D eigenvalue weighted by Gasteiger charge is 2.12. The van der Waals surface area contributed by atoms with Crippen LogP contribution in [0.2, 0.25) is 0 Å². The number of hydrogen-bond acceptors (Lipinski definition) is 7. The summed E-state index contributed by atoms with van der Waals surface area (Å²) in [6.07, 6.45) is 0.394. The number of amides is 1. The average Bonchev–Trinajstić information content (AvgIpc) is 3.15. The topological polar surface area (TPSA) is 137 Å². The van der Waals surface area contributed by atoms with Gasteiger partial charge in [0.1, 0.15) is 5.75 Å². The fraction of sp³-hybridized carbons (Fsp3) is 0.167. The monoisotopic (exact) mass is 402 g/mol. The van der Waals surface area contributed by atoms with Crippen molar-refractivity contribution in [2.75, 3.05) is 12.4 Å². The van der Waals surface area contributed by atoms with E-state index in [2.05, 4.69) is 15.5 Å². The van der Waals surface area contributed by atoms with Gasteiger partial charge in [0, 0.05) is 24.1 Å². The fourth-order valence-corrected chi connectivity index (χ4v) is 2.90. The predicted molar refractivity (Wildman–Crippen MR) is 101 cm³/mol. The second-order valence-electron chi connectivity index (χ2n) is 5.86. The van der Waals surface area contributed by atoms with Crippen molar-refractivity contribution in [2.24, 2.45) is 5.14 Å². The van der Waals surface area contributed by atoms with E-state index in [1.165, 1.54) is 24.3 Å². The molecular formula is C18H18N4O5S. The molecule has 3 rings (SSSR count). The Bertz CT molecular complexity index is 1060. The number of carbonyl (C=O) groups is 1. The van der Waals surface area contributed by atoms with E-state index in [9.17, 15) is 13.2 Å².